The number of urea groups is 1. The van der Waals surface area contributed by atoms with E-state index in [1.54, 1.807) is 18.3 Å². The molecular weight excluding hydrogens is 410 g/mol. The van der Waals surface area contributed by atoms with Gasteiger partial charge < -0.3 is 4.90 Å². The lowest BCUT2D eigenvalue weighted by atomic mass is 9.68. The number of pyridine rings is 1. The average Bonchev–Trinajstić information content (AvgIpc) is 3.02. The lowest BCUT2D eigenvalue weighted by molar-refractivity contribution is -0.154. The highest BCUT2D eigenvalue weighted by atomic mass is 16.2. The number of carbonyl (C=O) groups is 3. The van der Waals surface area contributed by atoms with Crippen LogP contribution in [0, 0.1) is 11.3 Å². The van der Waals surface area contributed by atoms with Gasteiger partial charge in [0, 0.05) is 25.7 Å². The third-order valence-corrected chi connectivity index (χ3v) is 6.90. The molecule has 9 nitrogen and oxygen atoms in total. The van der Waals surface area contributed by atoms with Gasteiger partial charge >= 0.3 is 6.03 Å². The quantitative estimate of drug-likeness (QED) is 0.718. The lowest BCUT2D eigenvalue weighted by Crippen LogP contribution is -2.72. The molecule has 0 unspecified atom stereocenters. The van der Waals surface area contributed by atoms with Gasteiger partial charge in [0.2, 0.25) is 11.8 Å². The Morgan fingerprint density at radius 2 is 1.97 bits per heavy atom. The van der Waals surface area contributed by atoms with E-state index in [0.29, 0.717) is 30.0 Å². The van der Waals surface area contributed by atoms with Gasteiger partial charge in [-0.25, -0.2) is 9.78 Å². The highest BCUT2D eigenvalue weighted by molar-refractivity contribution is 6.20. The van der Waals surface area contributed by atoms with E-state index in [2.05, 4.69) is 5.32 Å². The van der Waals surface area contributed by atoms with Crippen LogP contribution in [0.4, 0.5) is 10.6 Å². The van der Waals surface area contributed by atoms with Crippen molar-refractivity contribution in [3.63, 3.8) is 0 Å². The smallest absolute Gasteiger partial charge is 0.330 e. The second-order valence-electron chi connectivity index (χ2n) is 9.42. The Morgan fingerprint density at radius 3 is 2.75 bits per heavy atom. The molecular formula is C23H27N5O4. The van der Waals surface area contributed by atoms with E-state index in [1.807, 2.05) is 24.8 Å². The molecule has 1 N–H and O–H groups in total. The molecule has 0 aromatic carbocycles. The monoisotopic (exact) mass is 437 g/mol. The summed E-state index contributed by atoms with van der Waals surface area (Å²) >= 11 is 0. The second kappa shape index (κ2) is 7.43. The summed E-state index contributed by atoms with van der Waals surface area (Å²) < 4.78 is 1.45. The van der Waals surface area contributed by atoms with Gasteiger partial charge in [0.25, 0.3) is 5.56 Å². The zero-order valence-electron chi connectivity index (χ0n) is 18.3. The van der Waals surface area contributed by atoms with E-state index in [1.165, 1.54) is 4.40 Å². The first-order valence-electron chi connectivity index (χ1n) is 11.3. The zero-order valence-corrected chi connectivity index (χ0v) is 18.3. The zero-order chi connectivity index (χ0) is 22.6. The fourth-order valence-corrected chi connectivity index (χ4v) is 5.46. The largest absolute Gasteiger partial charge is 0.352 e. The van der Waals surface area contributed by atoms with Crippen molar-refractivity contribution in [2.24, 2.45) is 11.3 Å². The van der Waals surface area contributed by atoms with Crippen molar-refractivity contribution in [3.8, 4) is 0 Å². The molecule has 0 saturated carbocycles. The molecule has 2 saturated heterocycles. The summed E-state index contributed by atoms with van der Waals surface area (Å²) in [4.78, 5) is 61.3. The van der Waals surface area contributed by atoms with Crippen molar-refractivity contribution in [2.75, 3.05) is 18.0 Å². The number of hydrogen-bond acceptors (Lipinski definition) is 6. The molecule has 3 aliphatic heterocycles. The van der Waals surface area contributed by atoms with Crippen LogP contribution in [-0.4, -0.2) is 51.3 Å². The first-order valence-corrected chi connectivity index (χ1v) is 11.3. The number of amides is 4. The van der Waals surface area contributed by atoms with Crippen molar-refractivity contribution in [1.29, 1.82) is 0 Å². The maximum atomic E-state index is 13.9. The van der Waals surface area contributed by atoms with E-state index in [0.717, 1.165) is 24.2 Å². The van der Waals surface area contributed by atoms with Crippen molar-refractivity contribution in [2.45, 2.75) is 52.0 Å². The topological polar surface area (TPSA) is 104 Å². The molecule has 0 radical (unpaired) electrons. The molecule has 0 aliphatic carbocycles. The number of imide groups is 2. The predicted octanol–water partition coefficient (Wildman–Crippen LogP) is 1.72. The maximum Gasteiger partial charge on any atom is 0.330 e. The first kappa shape index (κ1) is 20.7. The van der Waals surface area contributed by atoms with Crippen molar-refractivity contribution >= 4 is 29.3 Å². The number of barbiturate groups is 1. The molecule has 2 fully saturated rings. The van der Waals surface area contributed by atoms with Gasteiger partial charge in [-0.05, 0) is 30.9 Å². The lowest BCUT2D eigenvalue weighted by Gasteiger charge is -2.50. The molecule has 5 heterocycles. The number of carbonyl (C=O) groups excluding carboxylic acids is 3. The summed E-state index contributed by atoms with van der Waals surface area (Å²) in [5.74, 6) is -0.494. The number of fused-ring (bicyclic) bond motifs is 5. The van der Waals surface area contributed by atoms with Gasteiger partial charge in [-0.1, -0.05) is 32.8 Å². The van der Waals surface area contributed by atoms with Crippen LogP contribution in [0.15, 0.2) is 29.2 Å². The van der Waals surface area contributed by atoms with Crippen LogP contribution >= 0.6 is 0 Å². The highest BCUT2D eigenvalue weighted by Gasteiger charge is 2.62. The van der Waals surface area contributed by atoms with Crippen molar-refractivity contribution < 1.29 is 14.4 Å². The molecule has 168 valence electrons. The standard InChI is InChI=1S/C23H27N5O4/c1-14(2)13-28-21(31)23(20(30)25-22(28)32)12-15-18(26-10-6-3-4-8-16(23)26)24-17-9-5-7-11-27(17)19(15)29/h5,7,9,11,14,16H,3-4,6,8,10,12-13H2,1-2H3,(H,25,30,32)/t16-,23-/m1/s1. The van der Waals surface area contributed by atoms with E-state index in [9.17, 15) is 19.2 Å². The summed E-state index contributed by atoms with van der Waals surface area (Å²) in [5, 5.41) is 2.44. The Balaban J connectivity index is 1.74. The van der Waals surface area contributed by atoms with Crippen LogP contribution in [0.2, 0.25) is 0 Å². The Hall–Kier alpha value is -3.23. The number of rotatable bonds is 2. The average molecular weight is 438 g/mol. The fraction of sp³-hybridized carbons (Fsp3) is 0.522. The maximum absolute atomic E-state index is 13.9. The second-order valence-corrected chi connectivity index (χ2v) is 9.42. The highest BCUT2D eigenvalue weighted by Crippen LogP contribution is 2.45. The molecule has 2 aromatic rings. The van der Waals surface area contributed by atoms with E-state index in [-0.39, 0.29) is 24.4 Å². The summed E-state index contributed by atoms with van der Waals surface area (Å²) in [6.07, 6.45) is 4.92. The number of anilines is 1. The molecule has 1 spiro atoms. The Kier molecular flexibility index (Phi) is 4.79. The summed E-state index contributed by atoms with van der Waals surface area (Å²) in [5.41, 5.74) is -0.912. The van der Waals surface area contributed by atoms with E-state index < -0.39 is 29.3 Å². The molecule has 4 amide bonds. The minimum Gasteiger partial charge on any atom is -0.352 e. The third kappa shape index (κ3) is 2.87. The number of hydrogen-bond donors (Lipinski definition) is 1. The van der Waals surface area contributed by atoms with E-state index >= 15 is 0 Å². The van der Waals surface area contributed by atoms with Crippen LogP contribution in [0.25, 0.3) is 5.65 Å². The fourth-order valence-electron chi connectivity index (χ4n) is 5.46. The Morgan fingerprint density at radius 1 is 1.16 bits per heavy atom. The minimum atomic E-state index is -1.52. The Labute approximate surface area is 185 Å². The minimum absolute atomic E-state index is 0.0484. The van der Waals surface area contributed by atoms with Crippen LogP contribution in [0.3, 0.4) is 0 Å². The predicted molar refractivity (Wildman–Crippen MR) is 117 cm³/mol. The number of nitrogens with zero attached hydrogens (tertiary/aromatic N) is 4. The van der Waals surface area contributed by atoms with Gasteiger partial charge in [-0.15, -0.1) is 0 Å². The molecule has 0 bridgehead atoms. The van der Waals surface area contributed by atoms with Gasteiger partial charge in [0.1, 0.15) is 11.5 Å². The molecule has 2 aromatic heterocycles. The molecule has 5 rings (SSSR count). The van der Waals surface area contributed by atoms with Crippen molar-refractivity contribution in [1.82, 2.24) is 19.6 Å². The van der Waals surface area contributed by atoms with Crippen molar-refractivity contribution in [3.05, 3.63) is 40.3 Å². The summed E-state index contributed by atoms with van der Waals surface area (Å²) in [7, 11) is 0. The van der Waals surface area contributed by atoms with Gasteiger partial charge in [-0.2, -0.15) is 0 Å². The summed E-state index contributed by atoms with van der Waals surface area (Å²) in [6, 6.07) is 4.22. The van der Waals surface area contributed by atoms with Crippen LogP contribution < -0.4 is 15.8 Å². The third-order valence-electron chi connectivity index (χ3n) is 6.90. The van der Waals surface area contributed by atoms with Gasteiger partial charge in [-0.3, -0.25) is 29.0 Å². The van der Waals surface area contributed by atoms with Crippen LogP contribution in [0.5, 0.6) is 0 Å². The number of aromatic nitrogens is 2. The van der Waals surface area contributed by atoms with Crippen LogP contribution in [0.1, 0.15) is 45.1 Å². The van der Waals surface area contributed by atoms with Gasteiger partial charge in [0.15, 0.2) is 5.41 Å². The molecule has 9 heteroatoms. The summed E-state index contributed by atoms with van der Waals surface area (Å²) in [6.45, 7) is 4.65. The van der Waals surface area contributed by atoms with Crippen LogP contribution in [-0.2, 0) is 16.0 Å². The normalized spacial score (nSPS) is 25.7. The van der Waals surface area contributed by atoms with E-state index in [4.69, 9.17) is 4.98 Å². The number of nitrogens with one attached hydrogen (secondary N) is 1. The molecule has 32 heavy (non-hydrogen) atoms. The molecule has 2 atom stereocenters. The Bertz CT molecular complexity index is 1190. The SMILES string of the molecule is CC(C)CN1C(=O)NC(=O)[C@]2(Cc3c(nc4ccccn4c3=O)N3CCCCC[C@@H]32)C1=O. The molecule has 3 aliphatic rings. The first-order chi connectivity index (χ1) is 15.3. The van der Waals surface area contributed by atoms with Gasteiger partial charge in [0.05, 0.1) is 11.6 Å².